The lowest BCUT2D eigenvalue weighted by Crippen LogP contribution is -2.44. The molecule has 2 amide bonds. The van der Waals surface area contributed by atoms with Gasteiger partial charge < -0.3 is 9.47 Å². The Morgan fingerprint density at radius 1 is 0.933 bits per heavy atom. The van der Waals surface area contributed by atoms with Crippen molar-refractivity contribution in [2.45, 2.75) is 32.6 Å². The Kier molecular flexibility index (Phi) is 10.5. The summed E-state index contributed by atoms with van der Waals surface area (Å²) in [7, 11) is 0. The van der Waals surface area contributed by atoms with Gasteiger partial charge in [-0.05, 0) is 42.8 Å². The van der Waals surface area contributed by atoms with Gasteiger partial charge in [0, 0.05) is 8.95 Å². The van der Waals surface area contributed by atoms with E-state index in [0.717, 1.165) is 34.6 Å². The third kappa shape index (κ3) is 8.16. The summed E-state index contributed by atoms with van der Waals surface area (Å²) in [6, 6.07) is 10.2. The van der Waals surface area contributed by atoms with E-state index in [2.05, 4.69) is 49.6 Å². The number of halogens is 3. The van der Waals surface area contributed by atoms with Gasteiger partial charge in [-0.1, -0.05) is 69.6 Å². The van der Waals surface area contributed by atoms with Crippen LogP contribution in [0.2, 0.25) is 5.02 Å². The maximum atomic E-state index is 12.5. The summed E-state index contributed by atoms with van der Waals surface area (Å²) in [5, 5.41) is 0.371. The fourth-order valence-electron chi connectivity index (χ4n) is 2.48. The maximum Gasteiger partial charge on any atom is 0.276 e. The molecule has 9 heteroatoms. The first-order valence-electron chi connectivity index (χ1n) is 9.50. The Morgan fingerprint density at radius 2 is 1.63 bits per heavy atom. The molecule has 162 valence electrons. The molecule has 6 nitrogen and oxygen atoms in total. The number of hydrogen-bond donors (Lipinski definition) is 2. The molecule has 0 bridgehead atoms. The van der Waals surface area contributed by atoms with Crippen LogP contribution in [0.25, 0.3) is 0 Å². The molecule has 0 aromatic heterocycles. The highest BCUT2D eigenvalue weighted by Gasteiger charge is 2.15. The van der Waals surface area contributed by atoms with Gasteiger partial charge in [-0.25, -0.2) is 0 Å². The van der Waals surface area contributed by atoms with Crippen molar-refractivity contribution in [3.63, 3.8) is 0 Å². The van der Waals surface area contributed by atoms with Crippen LogP contribution in [0.1, 0.15) is 43.0 Å². The molecule has 2 N–H and O–H groups in total. The molecule has 0 atom stereocenters. The van der Waals surface area contributed by atoms with Gasteiger partial charge in [-0.3, -0.25) is 20.4 Å². The van der Waals surface area contributed by atoms with Gasteiger partial charge in [0.2, 0.25) is 0 Å². The number of carbonyl (C=O) groups is 2. The first-order valence-corrected chi connectivity index (χ1v) is 11.5. The predicted octanol–water partition coefficient (Wildman–Crippen LogP) is 5.66. The Morgan fingerprint density at radius 3 is 2.33 bits per heavy atom. The van der Waals surface area contributed by atoms with Gasteiger partial charge in [0.25, 0.3) is 11.8 Å². The number of carbonyl (C=O) groups excluding carboxylic acids is 2. The van der Waals surface area contributed by atoms with Crippen LogP contribution in [0.3, 0.4) is 0 Å². The van der Waals surface area contributed by atoms with Crippen molar-refractivity contribution < 1.29 is 19.1 Å². The van der Waals surface area contributed by atoms with Crippen LogP contribution in [0.4, 0.5) is 0 Å². The van der Waals surface area contributed by atoms with Crippen molar-refractivity contribution in [2.24, 2.45) is 0 Å². The molecule has 0 aliphatic heterocycles. The molecular formula is C21H23Br2ClN2O4. The third-order valence-electron chi connectivity index (χ3n) is 4.01. The highest BCUT2D eigenvalue weighted by atomic mass is 79.9. The van der Waals surface area contributed by atoms with E-state index >= 15 is 0 Å². The van der Waals surface area contributed by atoms with Crippen molar-refractivity contribution in [1.82, 2.24) is 10.9 Å². The second-order valence-electron chi connectivity index (χ2n) is 6.42. The molecular weight excluding hydrogens is 540 g/mol. The number of benzene rings is 2. The van der Waals surface area contributed by atoms with Crippen molar-refractivity contribution in [3.05, 3.63) is 55.9 Å². The molecule has 0 saturated heterocycles. The Balaban J connectivity index is 1.87. The molecule has 0 spiro atoms. The van der Waals surface area contributed by atoms with Crippen molar-refractivity contribution in [1.29, 1.82) is 0 Å². The molecule has 0 saturated carbocycles. The summed E-state index contributed by atoms with van der Waals surface area (Å²) in [4.78, 5) is 24.5. The van der Waals surface area contributed by atoms with Gasteiger partial charge in [0.15, 0.2) is 6.61 Å². The quantitative estimate of drug-likeness (QED) is 0.289. The molecule has 2 aromatic carbocycles. The average Bonchev–Trinajstić information content (AvgIpc) is 2.72. The SMILES string of the molecule is CCCCCCOc1ccc(Br)cc1C(=O)NNC(=O)COc1ccc(Br)cc1Cl. The van der Waals surface area contributed by atoms with E-state index in [9.17, 15) is 9.59 Å². The fourth-order valence-corrected chi connectivity index (χ4v) is 3.57. The van der Waals surface area contributed by atoms with Crippen molar-refractivity contribution >= 4 is 55.3 Å². The van der Waals surface area contributed by atoms with Crippen molar-refractivity contribution in [2.75, 3.05) is 13.2 Å². The first-order chi connectivity index (χ1) is 14.4. The minimum absolute atomic E-state index is 0.305. The zero-order valence-corrected chi connectivity index (χ0v) is 20.4. The number of amides is 2. The van der Waals surface area contributed by atoms with E-state index in [1.165, 1.54) is 0 Å². The lowest BCUT2D eigenvalue weighted by molar-refractivity contribution is -0.123. The van der Waals surface area contributed by atoms with E-state index in [1.807, 2.05) is 0 Å². The molecule has 2 rings (SSSR count). The number of nitrogens with one attached hydrogen (secondary N) is 2. The van der Waals surface area contributed by atoms with Gasteiger partial charge in [0.1, 0.15) is 11.5 Å². The zero-order valence-electron chi connectivity index (χ0n) is 16.5. The number of ether oxygens (including phenoxy) is 2. The lowest BCUT2D eigenvalue weighted by Gasteiger charge is -2.13. The van der Waals surface area contributed by atoms with Crippen LogP contribution in [-0.2, 0) is 4.79 Å². The largest absolute Gasteiger partial charge is 0.493 e. The van der Waals surface area contributed by atoms with Crippen LogP contribution >= 0.6 is 43.5 Å². The molecule has 30 heavy (non-hydrogen) atoms. The van der Waals surface area contributed by atoms with Gasteiger partial charge in [0.05, 0.1) is 17.2 Å². The summed E-state index contributed by atoms with van der Waals surface area (Å²) in [5.41, 5.74) is 5.02. The molecule has 0 fully saturated rings. The first kappa shape index (κ1) is 24.5. The number of hydrazine groups is 1. The molecule has 0 unspecified atom stereocenters. The number of rotatable bonds is 10. The Labute approximate surface area is 197 Å². The molecule has 0 heterocycles. The van der Waals surface area contributed by atoms with Crippen LogP contribution in [-0.4, -0.2) is 25.0 Å². The minimum atomic E-state index is -0.528. The smallest absolute Gasteiger partial charge is 0.276 e. The van der Waals surface area contributed by atoms with E-state index in [4.69, 9.17) is 21.1 Å². The van der Waals surface area contributed by atoms with E-state index in [1.54, 1.807) is 36.4 Å². The third-order valence-corrected chi connectivity index (χ3v) is 5.29. The van der Waals surface area contributed by atoms with E-state index < -0.39 is 11.8 Å². The summed E-state index contributed by atoms with van der Waals surface area (Å²) < 4.78 is 12.7. The van der Waals surface area contributed by atoms with Crippen LogP contribution in [0, 0.1) is 0 Å². The normalized spacial score (nSPS) is 10.4. The molecule has 0 radical (unpaired) electrons. The van der Waals surface area contributed by atoms with Gasteiger partial charge in [-0.2, -0.15) is 0 Å². The highest BCUT2D eigenvalue weighted by Crippen LogP contribution is 2.27. The minimum Gasteiger partial charge on any atom is -0.493 e. The van der Waals surface area contributed by atoms with E-state index in [0.29, 0.717) is 28.7 Å². The van der Waals surface area contributed by atoms with Crippen LogP contribution in [0.15, 0.2) is 45.3 Å². The predicted molar refractivity (Wildman–Crippen MR) is 124 cm³/mol. The highest BCUT2D eigenvalue weighted by molar-refractivity contribution is 9.10. The van der Waals surface area contributed by atoms with E-state index in [-0.39, 0.29) is 6.61 Å². The van der Waals surface area contributed by atoms with Crippen LogP contribution < -0.4 is 20.3 Å². The second-order valence-corrected chi connectivity index (χ2v) is 8.65. The second kappa shape index (κ2) is 12.8. The zero-order chi connectivity index (χ0) is 21.9. The topological polar surface area (TPSA) is 76.7 Å². The molecule has 0 aliphatic rings. The summed E-state index contributed by atoms with van der Waals surface area (Å²) in [6.45, 7) is 2.36. The average molecular weight is 563 g/mol. The summed E-state index contributed by atoms with van der Waals surface area (Å²) in [5.74, 6) is -0.194. The number of unbranched alkanes of at least 4 members (excludes halogenated alkanes) is 3. The van der Waals surface area contributed by atoms with Crippen molar-refractivity contribution in [3.8, 4) is 11.5 Å². The van der Waals surface area contributed by atoms with Crippen LogP contribution in [0.5, 0.6) is 11.5 Å². The standard InChI is InChI=1S/C21H23Br2ClN2O4/c1-2-3-4-5-10-29-18-8-6-14(22)11-16(18)21(28)26-25-20(27)13-30-19-9-7-15(23)12-17(19)24/h6-9,11-12H,2-5,10,13H2,1H3,(H,25,27)(H,26,28). The molecule has 2 aromatic rings. The fraction of sp³-hybridized carbons (Fsp3) is 0.333. The Bertz CT molecular complexity index is 880. The maximum absolute atomic E-state index is 12.5. The molecule has 0 aliphatic carbocycles. The summed E-state index contributed by atoms with van der Waals surface area (Å²) in [6.07, 6.45) is 4.28. The van der Waals surface area contributed by atoms with Gasteiger partial charge in [-0.15, -0.1) is 0 Å². The number of hydrogen-bond acceptors (Lipinski definition) is 4. The Hall–Kier alpha value is -1.77. The monoisotopic (exact) mass is 560 g/mol. The van der Waals surface area contributed by atoms with Gasteiger partial charge >= 0.3 is 0 Å². The summed E-state index contributed by atoms with van der Waals surface area (Å²) >= 11 is 12.7. The lowest BCUT2D eigenvalue weighted by atomic mass is 10.2.